The molecule has 2 N–H and O–H groups in total. The third kappa shape index (κ3) is 4.81. The van der Waals surface area contributed by atoms with Crippen molar-refractivity contribution in [1.82, 2.24) is 4.72 Å². The van der Waals surface area contributed by atoms with Gasteiger partial charge >= 0.3 is 0 Å². The number of nitrogens with zero attached hydrogens (tertiary/aromatic N) is 1. The quantitative estimate of drug-likeness (QED) is 0.763. The van der Waals surface area contributed by atoms with Gasteiger partial charge in [-0.1, -0.05) is 12.1 Å². The van der Waals surface area contributed by atoms with E-state index >= 15 is 0 Å². The summed E-state index contributed by atoms with van der Waals surface area (Å²) in [5.41, 5.74) is 2.53. The Labute approximate surface area is 155 Å². The Hall–Kier alpha value is -1.96. The summed E-state index contributed by atoms with van der Waals surface area (Å²) in [6, 6.07) is 11.7. The fraction of sp³-hybridized carbons (Fsp3) is 0.368. The molecule has 2 aromatic carbocycles. The second-order valence-electron chi connectivity index (χ2n) is 6.88. The van der Waals surface area contributed by atoms with Gasteiger partial charge in [-0.3, -0.25) is 0 Å². The van der Waals surface area contributed by atoms with Gasteiger partial charge in [-0.05, 0) is 42.8 Å². The van der Waals surface area contributed by atoms with Crippen LogP contribution in [-0.2, 0) is 10.0 Å². The monoisotopic (exact) mass is 380 g/mol. The number of aryl methyl sites for hydroxylation is 1. The van der Waals surface area contributed by atoms with Gasteiger partial charge in [-0.2, -0.15) is 0 Å². The standard InChI is InChI=1S/C19H26FN3O2S/c1-14-12-16(20)8-11-19(14)26(24,25)21-13-18(23(4)5)15-6-9-17(10-7-15)22(2)3/h6-12,18,21H,13H2,1-5H3/p+1/t18-/m1/s1. The van der Waals surface area contributed by atoms with Gasteiger partial charge in [0.1, 0.15) is 11.9 Å². The molecule has 2 aromatic rings. The zero-order chi connectivity index (χ0) is 19.5. The van der Waals surface area contributed by atoms with Crippen molar-refractivity contribution in [2.45, 2.75) is 17.9 Å². The topological polar surface area (TPSA) is 53.9 Å². The first-order chi connectivity index (χ1) is 12.1. The van der Waals surface area contributed by atoms with Crippen molar-refractivity contribution in [3.05, 3.63) is 59.4 Å². The number of hydrogen-bond donors (Lipinski definition) is 2. The highest BCUT2D eigenvalue weighted by Gasteiger charge is 2.23. The van der Waals surface area contributed by atoms with Gasteiger partial charge in [0.05, 0.1) is 25.5 Å². The maximum absolute atomic E-state index is 13.2. The van der Waals surface area contributed by atoms with E-state index in [1.807, 2.05) is 57.4 Å². The Kier molecular flexibility index (Phi) is 6.39. The van der Waals surface area contributed by atoms with Gasteiger partial charge in [0, 0.05) is 25.3 Å². The Morgan fingerprint density at radius 2 is 1.73 bits per heavy atom. The Bertz CT molecular complexity index is 850. The van der Waals surface area contributed by atoms with E-state index in [4.69, 9.17) is 0 Å². The molecule has 1 atom stereocenters. The van der Waals surface area contributed by atoms with E-state index in [2.05, 4.69) is 4.72 Å². The molecule has 7 heteroatoms. The van der Waals surface area contributed by atoms with Crippen LogP contribution in [-0.4, -0.2) is 43.2 Å². The average molecular weight is 381 g/mol. The molecule has 0 amide bonds. The van der Waals surface area contributed by atoms with Crippen molar-refractivity contribution >= 4 is 15.7 Å². The molecule has 0 fully saturated rings. The molecule has 0 radical (unpaired) electrons. The number of quaternary nitrogens is 1. The minimum absolute atomic E-state index is 0.0401. The summed E-state index contributed by atoms with van der Waals surface area (Å²) in [5.74, 6) is -0.446. The summed E-state index contributed by atoms with van der Waals surface area (Å²) in [5, 5.41) is 0. The molecule has 0 saturated carbocycles. The van der Waals surface area contributed by atoms with Crippen LogP contribution < -0.4 is 14.5 Å². The molecule has 5 nitrogen and oxygen atoms in total. The summed E-state index contributed by atoms with van der Waals surface area (Å²) >= 11 is 0. The highest BCUT2D eigenvalue weighted by atomic mass is 32.2. The number of rotatable bonds is 7. The average Bonchev–Trinajstić information content (AvgIpc) is 2.54. The molecule has 0 spiro atoms. The van der Waals surface area contributed by atoms with Crippen molar-refractivity contribution in [2.75, 3.05) is 39.6 Å². The van der Waals surface area contributed by atoms with Crippen LogP contribution in [0.4, 0.5) is 10.1 Å². The van der Waals surface area contributed by atoms with Crippen LogP contribution in [0.2, 0.25) is 0 Å². The smallest absolute Gasteiger partial charge is 0.241 e. The largest absolute Gasteiger partial charge is 0.378 e. The van der Waals surface area contributed by atoms with E-state index in [-0.39, 0.29) is 17.5 Å². The van der Waals surface area contributed by atoms with E-state index in [1.54, 1.807) is 6.92 Å². The fourth-order valence-corrected chi connectivity index (χ4v) is 4.12. The molecule has 0 unspecified atom stereocenters. The molecule has 0 aromatic heterocycles. The van der Waals surface area contributed by atoms with Crippen LogP contribution in [0.15, 0.2) is 47.4 Å². The van der Waals surface area contributed by atoms with Crippen LogP contribution >= 0.6 is 0 Å². The predicted octanol–water partition coefficient (Wildman–Crippen LogP) is 1.36. The molecule has 142 valence electrons. The Morgan fingerprint density at radius 1 is 1.12 bits per heavy atom. The van der Waals surface area contributed by atoms with Crippen molar-refractivity contribution in [3.8, 4) is 0 Å². The second kappa shape index (κ2) is 8.16. The van der Waals surface area contributed by atoms with Gasteiger partial charge in [-0.25, -0.2) is 17.5 Å². The third-order valence-corrected chi connectivity index (χ3v) is 6.00. The summed E-state index contributed by atoms with van der Waals surface area (Å²) in [6.07, 6.45) is 0. The van der Waals surface area contributed by atoms with Crippen LogP contribution in [0.1, 0.15) is 17.2 Å². The van der Waals surface area contributed by atoms with Gasteiger partial charge in [0.25, 0.3) is 0 Å². The van der Waals surface area contributed by atoms with Crippen molar-refractivity contribution in [3.63, 3.8) is 0 Å². The number of benzene rings is 2. The molecular formula is C19H27FN3O2S+. The molecule has 2 rings (SSSR count). The number of anilines is 1. The minimum atomic E-state index is -3.70. The van der Waals surface area contributed by atoms with Crippen LogP contribution in [0, 0.1) is 12.7 Å². The van der Waals surface area contributed by atoms with E-state index in [0.29, 0.717) is 5.56 Å². The normalized spacial score (nSPS) is 13.0. The molecule has 0 aliphatic carbocycles. The maximum atomic E-state index is 13.2. The van der Waals surface area contributed by atoms with E-state index in [1.165, 1.54) is 12.1 Å². The predicted molar refractivity (Wildman–Crippen MR) is 103 cm³/mol. The highest BCUT2D eigenvalue weighted by molar-refractivity contribution is 7.89. The van der Waals surface area contributed by atoms with Crippen molar-refractivity contribution < 1.29 is 17.7 Å². The lowest BCUT2D eigenvalue weighted by Gasteiger charge is -2.23. The SMILES string of the molecule is Cc1cc(F)ccc1S(=O)(=O)NC[C@H](c1ccc(N(C)C)cc1)[NH+](C)C. The van der Waals surface area contributed by atoms with E-state index < -0.39 is 15.8 Å². The number of sulfonamides is 1. The van der Waals surface area contributed by atoms with Gasteiger partial charge in [0.15, 0.2) is 0 Å². The summed E-state index contributed by atoms with van der Waals surface area (Å²) in [6.45, 7) is 1.84. The molecular weight excluding hydrogens is 353 g/mol. The van der Waals surface area contributed by atoms with E-state index in [9.17, 15) is 12.8 Å². The zero-order valence-electron chi connectivity index (χ0n) is 15.9. The van der Waals surface area contributed by atoms with Crippen LogP contribution in [0.25, 0.3) is 0 Å². The summed E-state index contributed by atoms with van der Waals surface area (Å²) in [7, 11) is 4.22. The first-order valence-electron chi connectivity index (χ1n) is 8.45. The maximum Gasteiger partial charge on any atom is 0.241 e. The Morgan fingerprint density at radius 3 is 2.23 bits per heavy atom. The van der Waals surface area contributed by atoms with Crippen molar-refractivity contribution in [2.24, 2.45) is 0 Å². The molecule has 0 aliphatic rings. The number of nitrogens with one attached hydrogen (secondary N) is 2. The van der Waals surface area contributed by atoms with Crippen molar-refractivity contribution in [1.29, 1.82) is 0 Å². The lowest BCUT2D eigenvalue weighted by Crippen LogP contribution is -3.07. The zero-order valence-corrected chi connectivity index (χ0v) is 16.7. The molecule has 0 saturated heterocycles. The molecule has 0 bridgehead atoms. The van der Waals surface area contributed by atoms with E-state index in [0.717, 1.165) is 22.2 Å². The first kappa shape index (κ1) is 20.4. The van der Waals surface area contributed by atoms with Crippen LogP contribution in [0.3, 0.4) is 0 Å². The van der Waals surface area contributed by atoms with Gasteiger partial charge in [-0.15, -0.1) is 0 Å². The fourth-order valence-electron chi connectivity index (χ4n) is 2.85. The number of likely N-dealkylation sites (N-methyl/N-ethyl adjacent to an activating group) is 1. The number of hydrogen-bond acceptors (Lipinski definition) is 3. The number of halogens is 1. The minimum Gasteiger partial charge on any atom is -0.378 e. The molecule has 0 aliphatic heterocycles. The summed E-state index contributed by atoms with van der Waals surface area (Å²) in [4.78, 5) is 3.23. The second-order valence-corrected chi connectivity index (χ2v) is 8.61. The lowest BCUT2D eigenvalue weighted by atomic mass is 10.1. The molecule has 26 heavy (non-hydrogen) atoms. The third-order valence-electron chi connectivity index (χ3n) is 4.41. The molecule has 0 heterocycles. The summed E-state index contributed by atoms with van der Waals surface area (Å²) < 4.78 is 41.1. The first-order valence-corrected chi connectivity index (χ1v) is 9.93. The van der Waals surface area contributed by atoms with Gasteiger partial charge < -0.3 is 9.80 Å². The lowest BCUT2D eigenvalue weighted by molar-refractivity contribution is -0.890. The van der Waals surface area contributed by atoms with Gasteiger partial charge in [0.2, 0.25) is 10.0 Å². The van der Waals surface area contributed by atoms with Crippen LogP contribution in [0.5, 0.6) is 0 Å². The highest BCUT2D eigenvalue weighted by Crippen LogP contribution is 2.18. The Balaban J connectivity index is 2.20.